The predicted octanol–water partition coefficient (Wildman–Crippen LogP) is -0.407. The smallest absolute Gasteiger partial charge is 0.307 e. The van der Waals surface area contributed by atoms with E-state index in [0.29, 0.717) is 13.0 Å². The standard InChI is InChI=1S/C9H14N4O2/c1-13-8(5-11-12-13)6-2-7(9(14)15)4-10-3-6/h5-7,10H,2-4H2,1H3,(H,14,15). The van der Waals surface area contributed by atoms with E-state index in [4.69, 9.17) is 5.11 Å². The SMILES string of the molecule is Cn1nncc1C1CNCC(C(=O)O)C1. The second kappa shape index (κ2) is 3.98. The normalized spacial score (nSPS) is 26.5. The average Bonchev–Trinajstić information content (AvgIpc) is 2.64. The summed E-state index contributed by atoms with van der Waals surface area (Å²) >= 11 is 0. The molecule has 15 heavy (non-hydrogen) atoms. The van der Waals surface area contributed by atoms with E-state index < -0.39 is 5.97 Å². The summed E-state index contributed by atoms with van der Waals surface area (Å²) in [5.74, 6) is -0.846. The molecule has 1 aliphatic rings. The number of piperidine rings is 1. The summed E-state index contributed by atoms with van der Waals surface area (Å²) in [5.41, 5.74) is 0.994. The summed E-state index contributed by atoms with van der Waals surface area (Å²) in [5, 5.41) is 19.7. The zero-order chi connectivity index (χ0) is 10.8. The second-order valence-electron chi connectivity index (χ2n) is 3.91. The molecule has 2 heterocycles. The number of hydrogen-bond donors (Lipinski definition) is 2. The lowest BCUT2D eigenvalue weighted by molar-refractivity contribution is -0.142. The summed E-state index contributed by atoms with van der Waals surface area (Å²) in [6.45, 7) is 1.35. The molecule has 1 fully saturated rings. The van der Waals surface area contributed by atoms with Gasteiger partial charge >= 0.3 is 5.97 Å². The van der Waals surface area contributed by atoms with E-state index in [1.54, 1.807) is 10.9 Å². The van der Waals surface area contributed by atoms with Gasteiger partial charge in [-0.3, -0.25) is 9.48 Å². The van der Waals surface area contributed by atoms with Crippen molar-refractivity contribution in [2.24, 2.45) is 13.0 Å². The Bertz CT molecular complexity index is 363. The Morgan fingerprint density at radius 1 is 1.67 bits per heavy atom. The zero-order valence-corrected chi connectivity index (χ0v) is 8.55. The molecule has 2 N–H and O–H groups in total. The molecule has 2 unspecified atom stereocenters. The van der Waals surface area contributed by atoms with E-state index >= 15 is 0 Å². The molecule has 1 saturated heterocycles. The van der Waals surface area contributed by atoms with Crippen LogP contribution in [-0.4, -0.2) is 39.2 Å². The first-order chi connectivity index (χ1) is 7.18. The van der Waals surface area contributed by atoms with Gasteiger partial charge in [-0.1, -0.05) is 5.21 Å². The van der Waals surface area contributed by atoms with E-state index in [0.717, 1.165) is 12.2 Å². The third-order valence-corrected chi connectivity index (χ3v) is 2.87. The highest BCUT2D eigenvalue weighted by Crippen LogP contribution is 2.25. The maximum atomic E-state index is 10.9. The van der Waals surface area contributed by atoms with Gasteiger partial charge in [0.2, 0.25) is 0 Å². The molecule has 2 rings (SSSR count). The molecule has 6 nitrogen and oxygen atoms in total. The van der Waals surface area contributed by atoms with Crippen LogP contribution < -0.4 is 5.32 Å². The maximum Gasteiger partial charge on any atom is 0.307 e. The third kappa shape index (κ3) is 1.99. The number of aryl methyl sites for hydroxylation is 1. The zero-order valence-electron chi connectivity index (χ0n) is 8.55. The predicted molar refractivity (Wildman–Crippen MR) is 52.4 cm³/mol. The number of aliphatic carboxylic acids is 1. The molecular formula is C9H14N4O2. The lowest BCUT2D eigenvalue weighted by Crippen LogP contribution is -2.39. The summed E-state index contributed by atoms with van der Waals surface area (Å²) in [6, 6.07) is 0. The van der Waals surface area contributed by atoms with Gasteiger partial charge in [0.05, 0.1) is 17.8 Å². The van der Waals surface area contributed by atoms with Gasteiger partial charge in [0.15, 0.2) is 0 Å². The topological polar surface area (TPSA) is 80.0 Å². The fourth-order valence-corrected chi connectivity index (χ4v) is 2.02. The number of carbonyl (C=O) groups is 1. The monoisotopic (exact) mass is 210 g/mol. The summed E-state index contributed by atoms with van der Waals surface area (Å²) in [7, 11) is 1.83. The van der Waals surface area contributed by atoms with Crippen LogP contribution in [0.2, 0.25) is 0 Å². The van der Waals surface area contributed by atoms with Crippen molar-refractivity contribution in [3.8, 4) is 0 Å². The Kier molecular flexibility index (Phi) is 2.68. The Morgan fingerprint density at radius 2 is 2.47 bits per heavy atom. The van der Waals surface area contributed by atoms with Crippen LogP contribution >= 0.6 is 0 Å². The number of carboxylic acid groups (broad SMARTS) is 1. The molecule has 6 heteroatoms. The molecule has 0 amide bonds. The highest BCUT2D eigenvalue weighted by Gasteiger charge is 2.29. The molecular weight excluding hydrogens is 196 g/mol. The highest BCUT2D eigenvalue weighted by molar-refractivity contribution is 5.70. The van der Waals surface area contributed by atoms with E-state index in [2.05, 4.69) is 15.6 Å². The summed E-state index contributed by atoms with van der Waals surface area (Å²) in [6.07, 6.45) is 2.36. The quantitative estimate of drug-likeness (QED) is 0.693. The van der Waals surface area contributed by atoms with Gasteiger partial charge in [-0.2, -0.15) is 0 Å². The number of nitrogens with zero attached hydrogens (tertiary/aromatic N) is 3. The number of aromatic nitrogens is 3. The minimum absolute atomic E-state index is 0.194. The Hall–Kier alpha value is -1.43. The van der Waals surface area contributed by atoms with Crippen molar-refractivity contribution in [3.05, 3.63) is 11.9 Å². The van der Waals surface area contributed by atoms with Crippen molar-refractivity contribution in [1.29, 1.82) is 0 Å². The Morgan fingerprint density at radius 3 is 3.07 bits per heavy atom. The van der Waals surface area contributed by atoms with Crippen LogP contribution in [0.4, 0.5) is 0 Å². The van der Waals surface area contributed by atoms with E-state index in [9.17, 15) is 4.79 Å². The van der Waals surface area contributed by atoms with Crippen LogP contribution in [0.3, 0.4) is 0 Å². The molecule has 0 aromatic carbocycles. The van der Waals surface area contributed by atoms with E-state index in [-0.39, 0.29) is 11.8 Å². The van der Waals surface area contributed by atoms with Crippen LogP contribution in [0.5, 0.6) is 0 Å². The average molecular weight is 210 g/mol. The highest BCUT2D eigenvalue weighted by atomic mass is 16.4. The summed E-state index contributed by atoms with van der Waals surface area (Å²) in [4.78, 5) is 10.9. The first-order valence-corrected chi connectivity index (χ1v) is 4.96. The Labute approximate surface area is 87.3 Å². The van der Waals surface area contributed by atoms with Gasteiger partial charge in [0.1, 0.15) is 0 Å². The fraction of sp³-hybridized carbons (Fsp3) is 0.667. The number of nitrogens with one attached hydrogen (secondary N) is 1. The molecule has 1 aliphatic heterocycles. The maximum absolute atomic E-state index is 10.9. The number of carboxylic acids is 1. The molecule has 82 valence electrons. The number of rotatable bonds is 2. The van der Waals surface area contributed by atoms with Gasteiger partial charge in [-0.05, 0) is 6.42 Å². The van der Waals surface area contributed by atoms with Crippen LogP contribution in [-0.2, 0) is 11.8 Å². The largest absolute Gasteiger partial charge is 0.481 e. The lowest BCUT2D eigenvalue weighted by Gasteiger charge is -2.27. The van der Waals surface area contributed by atoms with E-state index in [1.807, 2.05) is 7.05 Å². The minimum Gasteiger partial charge on any atom is -0.481 e. The van der Waals surface area contributed by atoms with Gasteiger partial charge < -0.3 is 10.4 Å². The molecule has 0 saturated carbocycles. The van der Waals surface area contributed by atoms with Crippen molar-refractivity contribution < 1.29 is 9.90 Å². The first-order valence-electron chi connectivity index (χ1n) is 4.96. The molecule has 0 radical (unpaired) electrons. The molecule has 0 bridgehead atoms. The fourth-order valence-electron chi connectivity index (χ4n) is 2.02. The lowest BCUT2D eigenvalue weighted by atomic mass is 9.88. The van der Waals surface area contributed by atoms with Gasteiger partial charge in [0, 0.05) is 26.1 Å². The van der Waals surface area contributed by atoms with Crippen molar-refractivity contribution in [2.45, 2.75) is 12.3 Å². The van der Waals surface area contributed by atoms with Gasteiger partial charge in [0.25, 0.3) is 0 Å². The van der Waals surface area contributed by atoms with Crippen molar-refractivity contribution in [1.82, 2.24) is 20.3 Å². The van der Waals surface area contributed by atoms with Crippen LogP contribution in [0.15, 0.2) is 6.20 Å². The van der Waals surface area contributed by atoms with Crippen LogP contribution in [0.25, 0.3) is 0 Å². The second-order valence-corrected chi connectivity index (χ2v) is 3.91. The van der Waals surface area contributed by atoms with Crippen molar-refractivity contribution in [2.75, 3.05) is 13.1 Å². The molecule has 1 aromatic heterocycles. The van der Waals surface area contributed by atoms with Crippen molar-refractivity contribution in [3.63, 3.8) is 0 Å². The number of hydrogen-bond acceptors (Lipinski definition) is 4. The van der Waals surface area contributed by atoms with Crippen LogP contribution in [0, 0.1) is 5.92 Å². The van der Waals surface area contributed by atoms with Gasteiger partial charge in [-0.25, -0.2) is 0 Å². The molecule has 0 aliphatic carbocycles. The van der Waals surface area contributed by atoms with Gasteiger partial charge in [-0.15, -0.1) is 5.10 Å². The van der Waals surface area contributed by atoms with Crippen molar-refractivity contribution >= 4 is 5.97 Å². The van der Waals surface area contributed by atoms with E-state index in [1.165, 1.54) is 0 Å². The Balaban J connectivity index is 2.11. The first kappa shape index (κ1) is 10.1. The third-order valence-electron chi connectivity index (χ3n) is 2.87. The molecule has 2 atom stereocenters. The molecule has 0 spiro atoms. The summed E-state index contributed by atoms with van der Waals surface area (Å²) < 4.78 is 1.70. The molecule has 1 aromatic rings. The minimum atomic E-state index is -0.734. The van der Waals surface area contributed by atoms with Crippen LogP contribution in [0.1, 0.15) is 18.0 Å².